The van der Waals surface area contributed by atoms with Crippen LogP contribution in [0.4, 0.5) is 0 Å². The molecule has 1 aliphatic heterocycles. The molecule has 0 saturated carbocycles. The van der Waals surface area contributed by atoms with E-state index >= 15 is 0 Å². The summed E-state index contributed by atoms with van der Waals surface area (Å²) in [5, 5.41) is 0. The molecule has 1 heterocycles. The minimum atomic E-state index is -0.320. The Morgan fingerprint density at radius 2 is 2.12 bits per heavy atom. The zero-order valence-electron chi connectivity index (χ0n) is 10.1. The van der Waals surface area contributed by atoms with Gasteiger partial charge >= 0.3 is 5.97 Å². The van der Waals surface area contributed by atoms with Gasteiger partial charge in [0.05, 0.1) is 13.2 Å². The van der Waals surface area contributed by atoms with E-state index in [9.17, 15) is 9.59 Å². The van der Waals surface area contributed by atoms with E-state index in [4.69, 9.17) is 4.74 Å². The summed E-state index contributed by atoms with van der Waals surface area (Å²) in [5.41, 5.74) is 0. The predicted molar refractivity (Wildman–Crippen MR) is 59.9 cm³/mol. The zero-order valence-corrected chi connectivity index (χ0v) is 10.1. The molecule has 1 fully saturated rings. The topological polar surface area (TPSA) is 49.9 Å². The van der Waals surface area contributed by atoms with E-state index in [2.05, 4.69) is 11.8 Å². The van der Waals surface area contributed by atoms with Crippen molar-refractivity contribution in [3.63, 3.8) is 0 Å². The first-order chi connectivity index (χ1) is 7.67. The number of ether oxygens (including phenoxy) is 1. The van der Waals surface area contributed by atoms with Gasteiger partial charge in [-0.05, 0) is 19.9 Å². The normalized spacial score (nSPS) is 17.6. The maximum atomic E-state index is 11.7. The Balaban J connectivity index is 2.36. The first-order valence-electron chi connectivity index (χ1n) is 5.83. The maximum Gasteiger partial charge on any atom is 0.325 e. The van der Waals surface area contributed by atoms with Gasteiger partial charge in [0, 0.05) is 13.1 Å². The molecular weight excluding hydrogens is 208 g/mol. The van der Waals surface area contributed by atoms with Crippen molar-refractivity contribution < 1.29 is 14.3 Å². The van der Waals surface area contributed by atoms with Gasteiger partial charge in [-0.3, -0.25) is 14.5 Å². The van der Waals surface area contributed by atoms with Gasteiger partial charge in [-0.2, -0.15) is 0 Å². The van der Waals surface area contributed by atoms with Gasteiger partial charge in [-0.15, -0.1) is 0 Å². The van der Waals surface area contributed by atoms with Crippen molar-refractivity contribution in [3.8, 4) is 0 Å². The molecule has 1 amide bonds. The van der Waals surface area contributed by atoms with E-state index in [1.165, 1.54) is 0 Å². The molecule has 0 radical (unpaired) electrons. The third kappa shape index (κ3) is 3.81. The number of carbonyl (C=O) groups excluding carboxylic acids is 2. The molecule has 0 N–H and O–H groups in total. The summed E-state index contributed by atoms with van der Waals surface area (Å²) in [6, 6.07) is 0. The van der Waals surface area contributed by atoms with Crippen LogP contribution in [0.2, 0.25) is 0 Å². The zero-order chi connectivity index (χ0) is 12.0. The van der Waals surface area contributed by atoms with E-state index in [-0.39, 0.29) is 18.4 Å². The number of carbonyl (C=O) groups is 2. The molecule has 0 aromatic heterocycles. The number of hydrogen-bond donors (Lipinski definition) is 0. The summed E-state index contributed by atoms with van der Waals surface area (Å²) in [5.74, 6) is -0.299. The van der Waals surface area contributed by atoms with E-state index in [1.807, 2.05) is 0 Å². The lowest BCUT2D eigenvalue weighted by molar-refractivity contribution is -0.150. The predicted octanol–water partition coefficient (Wildman–Crippen LogP) is 0.104. The molecule has 1 rings (SSSR count). The van der Waals surface area contributed by atoms with Gasteiger partial charge in [0.2, 0.25) is 5.91 Å². The highest BCUT2D eigenvalue weighted by atomic mass is 16.5. The van der Waals surface area contributed by atoms with Crippen molar-refractivity contribution in [3.05, 3.63) is 0 Å². The van der Waals surface area contributed by atoms with Gasteiger partial charge < -0.3 is 9.64 Å². The lowest BCUT2D eigenvalue weighted by Crippen LogP contribution is -2.51. The fourth-order valence-corrected chi connectivity index (χ4v) is 1.79. The van der Waals surface area contributed by atoms with Crippen molar-refractivity contribution in [2.75, 3.05) is 39.3 Å². The Kier molecular flexibility index (Phi) is 5.25. The van der Waals surface area contributed by atoms with Gasteiger partial charge in [0.25, 0.3) is 0 Å². The highest BCUT2D eigenvalue weighted by molar-refractivity contribution is 5.83. The molecular formula is C11H20N2O3. The molecule has 0 unspecified atom stereocenters. The van der Waals surface area contributed by atoms with Crippen molar-refractivity contribution in [2.24, 2.45) is 0 Å². The van der Waals surface area contributed by atoms with Gasteiger partial charge in [0.15, 0.2) is 0 Å². The molecule has 1 saturated heterocycles. The summed E-state index contributed by atoms with van der Waals surface area (Å²) in [7, 11) is 0. The van der Waals surface area contributed by atoms with Crippen LogP contribution in [0.25, 0.3) is 0 Å². The Hall–Kier alpha value is -1.10. The molecule has 92 valence electrons. The second-order valence-electron chi connectivity index (χ2n) is 3.90. The van der Waals surface area contributed by atoms with Gasteiger partial charge in [0.1, 0.15) is 6.54 Å². The van der Waals surface area contributed by atoms with E-state index in [0.29, 0.717) is 19.7 Å². The lowest BCUT2D eigenvalue weighted by atomic mass is 10.3. The maximum absolute atomic E-state index is 11.7. The van der Waals surface area contributed by atoms with Crippen LogP contribution in [0.3, 0.4) is 0 Å². The largest absolute Gasteiger partial charge is 0.465 e. The number of hydrogen-bond acceptors (Lipinski definition) is 4. The minimum Gasteiger partial charge on any atom is -0.465 e. The number of piperazine rings is 1. The molecule has 5 heteroatoms. The Morgan fingerprint density at radius 1 is 1.38 bits per heavy atom. The summed E-state index contributed by atoms with van der Waals surface area (Å²) < 4.78 is 4.82. The molecule has 16 heavy (non-hydrogen) atoms. The molecule has 0 spiro atoms. The SMILES string of the molecule is CCCN1CCN(CC(=O)OCC)C(=O)C1. The fraction of sp³-hybridized carbons (Fsp3) is 0.818. The van der Waals surface area contributed by atoms with Crippen LogP contribution in [0.5, 0.6) is 0 Å². The quantitative estimate of drug-likeness (QED) is 0.626. The van der Waals surface area contributed by atoms with Crippen LogP contribution in [0.1, 0.15) is 20.3 Å². The first-order valence-corrected chi connectivity index (χ1v) is 5.83. The molecule has 0 atom stereocenters. The molecule has 5 nitrogen and oxygen atoms in total. The Labute approximate surface area is 96.3 Å². The third-order valence-electron chi connectivity index (χ3n) is 2.56. The van der Waals surface area contributed by atoms with Crippen LogP contribution in [0.15, 0.2) is 0 Å². The Morgan fingerprint density at radius 3 is 2.69 bits per heavy atom. The highest BCUT2D eigenvalue weighted by Gasteiger charge is 2.25. The van der Waals surface area contributed by atoms with Crippen LogP contribution >= 0.6 is 0 Å². The fourth-order valence-electron chi connectivity index (χ4n) is 1.79. The molecule has 0 aromatic carbocycles. The lowest BCUT2D eigenvalue weighted by Gasteiger charge is -2.33. The van der Waals surface area contributed by atoms with E-state index in [0.717, 1.165) is 19.5 Å². The van der Waals surface area contributed by atoms with E-state index in [1.54, 1.807) is 11.8 Å². The van der Waals surface area contributed by atoms with Crippen molar-refractivity contribution in [2.45, 2.75) is 20.3 Å². The smallest absolute Gasteiger partial charge is 0.325 e. The summed E-state index contributed by atoms with van der Waals surface area (Å²) in [6.07, 6.45) is 1.05. The second kappa shape index (κ2) is 6.48. The molecule has 1 aliphatic rings. The highest BCUT2D eigenvalue weighted by Crippen LogP contribution is 2.04. The van der Waals surface area contributed by atoms with Crippen LogP contribution < -0.4 is 0 Å². The average molecular weight is 228 g/mol. The Bertz CT molecular complexity index is 256. The van der Waals surface area contributed by atoms with E-state index < -0.39 is 0 Å². The number of rotatable bonds is 5. The van der Waals surface area contributed by atoms with Crippen LogP contribution in [0, 0.1) is 0 Å². The van der Waals surface area contributed by atoms with Crippen molar-refractivity contribution >= 4 is 11.9 Å². The summed E-state index contributed by atoms with van der Waals surface area (Å²) in [6.45, 7) is 7.15. The van der Waals surface area contributed by atoms with Crippen LogP contribution in [-0.2, 0) is 14.3 Å². The van der Waals surface area contributed by atoms with Gasteiger partial charge in [-0.1, -0.05) is 6.92 Å². The molecule has 0 aliphatic carbocycles. The van der Waals surface area contributed by atoms with Crippen molar-refractivity contribution in [1.29, 1.82) is 0 Å². The monoisotopic (exact) mass is 228 g/mol. The standard InChI is InChI=1S/C11H20N2O3/c1-3-5-12-6-7-13(10(14)8-12)9-11(15)16-4-2/h3-9H2,1-2H3. The minimum absolute atomic E-state index is 0.0211. The third-order valence-corrected chi connectivity index (χ3v) is 2.56. The second-order valence-corrected chi connectivity index (χ2v) is 3.90. The summed E-state index contributed by atoms with van der Waals surface area (Å²) >= 11 is 0. The van der Waals surface area contributed by atoms with Gasteiger partial charge in [-0.25, -0.2) is 0 Å². The first kappa shape index (κ1) is 13.0. The average Bonchev–Trinajstić information content (AvgIpc) is 2.23. The van der Waals surface area contributed by atoms with Crippen molar-refractivity contribution in [1.82, 2.24) is 9.80 Å². The molecule has 0 aromatic rings. The molecule has 0 bridgehead atoms. The summed E-state index contributed by atoms with van der Waals surface area (Å²) in [4.78, 5) is 26.6. The number of nitrogens with zero attached hydrogens (tertiary/aromatic N) is 2. The number of esters is 1. The van der Waals surface area contributed by atoms with Crippen LogP contribution in [-0.4, -0.2) is 61.0 Å². The number of amides is 1.